The predicted octanol–water partition coefficient (Wildman–Crippen LogP) is 7.13. The third-order valence-electron chi connectivity index (χ3n) is 5.60. The normalized spacial score (nSPS) is 27.4. The smallest absolute Gasteiger partial charge is 0.171 e. The van der Waals surface area contributed by atoms with Crippen LogP contribution in [0.4, 0.5) is 13.2 Å². The van der Waals surface area contributed by atoms with Crippen LogP contribution < -0.4 is 0 Å². The Morgan fingerprint density at radius 1 is 0.571 bits per heavy atom. The van der Waals surface area contributed by atoms with Crippen LogP contribution in [0.25, 0.3) is 0 Å². The van der Waals surface area contributed by atoms with Gasteiger partial charge < -0.3 is 0 Å². The van der Waals surface area contributed by atoms with Crippen LogP contribution >= 0.6 is 0 Å². The highest BCUT2D eigenvalue weighted by Gasteiger charge is 2.50. The van der Waals surface area contributed by atoms with Crippen LogP contribution in [0.5, 0.6) is 0 Å². The first-order valence-electron chi connectivity index (χ1n) is 8.44. The zero-order valence-corrected chi connectivity index (χ0v) is 14.5. The summed E-state index contributed by atoms with van der Waals surface area (Å²) in [6.45, 7) is 10.9. The fraction of sp³-hybridized carbons (Fsp3) is 1.00. The van der Waals surface area contributed by atoms with E-state index in [0.717, 1.165) is 19.3 Å². The molecule has 0 aromatic rings. The van der Waals surface area contributed by atoms with Gasteiger partial charge in [-0.3, -0.25) is 0 Å². The van der Waals surface area contributed by atoms with Gasteiger partial charge >= 0.3 is 6.18 Å². The van der Waals surface area contributed by atoms with Gasteiger partial charge in [0.25, 0.3) is 0 Å². The number of alkyl halides is 3. The topological polar surface area (TPSA) is 0 Å². The zero-order valence-electron chi connectivity index (χ0n) is 14.5. The molecule has 0 amide bonds. The summed E-state index contributed by atoms with van der Waals surface area (Å²) in [5, 5.41) is 0. The Hall–Kier alpha value is -0.210. The number of halogens is 3. The van der Waals surface area contributed by atoms with Crippen molar-refractivity contribution in [2.75, 3.05) is 0 Å². The minimum Gasteiger partial charge on any atom is -0.171 e. The minimum atomic E-state index is -3.99. The fourth-order valence-electron chi connectivity index (χ4n) is 3.22. The Morgan fingerprint density at radius 3 is 1.14 bits per heavy atom. The molecular formula is C18H33F3. The second-order valence-corrected chi connectivity index (χ2v) is 8.95. The highest BCUT2D eigenvalue weighted by molar-refractivity contribution is 4.85. The van der Waals surface area contributed by atoms with Crippen molar-refractivity contribution in [2.24, 2.45) is 16.2 Å². The van der Waals surface area contributed by atoms with Gasteiger partial charge in [-0.05, 0) is 49.4 Å². The molecular weight excluding hydrogens is 273 g/mol. The lowest BCUT2D eigenvalue weighted by Gasteiger charge is -2.39. The molecule has 0 aliphatic heterocycles. The average molecular weight is 306 g/mol. The Kier molecular flexibility index (Phi) is 5.83. The molecule has 0 bridgehead atoms. The van der Waals surface area contributed by atoms with Gasteiger partial charge in [0, 0.05) is 0 Å². The molecule has 0 heterocycles. The first kappa shape index (κ1) is 18.8. The van der Waals surface area contributed by atoms with E-state index in [1.807, 2.05) is 0 Å². The molecule has 0 spiro atoms. The van der Waals surface area contributed by atoms with E-state index in [1.54, 1.807) is 0 Å². The first-order chi connectivity index (χ1) is 9.37. The Morgan fingerprint density at radius 2 is 0.905 bits per heavy atom. The molecule has 0 aromatic heterocycles. The fourth-order valence-corrected chi connectivity index (χ4v) is 3.22. The molecule has 0 radical (unpaired) electrons. The number of hydrogen-bond donors (Lipinski definition) is 0. The Bertz CT molecular complexity index is 292. The van der Waals surface area contributed by atoms with Crippen molar-refractivity contribution in [1.29, 1.82) is 0 Å². The largest absolute Gasteiger partial charge is 0.394 e. The van der Waals surface area contributed by atoms with Crippen molar-refractivity contribution in [3.63, 3.8) is 0 Å². The van der Waals surface area contributed by atoms with Crippen LogP contribution in [0.15, 0.2) is 0 Å². The summed E-state index contributed by atoms with van der Waals surface area (Å²) < 4.78 is 37.0. The zero-order chi connectivity index (χ0) is 16.4. The van der Waals surface area contributed by atoms with Gasteiger partial charge in [0.15, 0.2) is 0 Å². The highest BCUT2D eigenvalue weighted by Crippen LogP contribution is 2.48. The van der Waals surface area contributed by atoms with E-state index in [9.17, 15) is 13.2 Å². The van der Waals surface area contributed by atoms with Gasteiger partial charge in [-0.25, -0.2) is 0 Å². The van der Waals surface area contributed by atoms with Crippen molar-refractivity contribution in [3.05, 3.63) is 0 Å². The van der Waals surface area contributed by atoms with Crippen LogP contribution in [-0.2, 0) is 0 Å². The third-order valence-corrected chi connectivity index (χ3v) is 5.60. The maximum atomic E-state index is 12.3. The van der Waals surface area contributed by atoms with E-state index < -0.39 is 11.6 Å². The molecule has 0 nitrogen and oxygen atoms in total. The SMILES string of the molecule is CC1(C(F)(F)F)CCCCC1.CC1(C)CCC(C)(C)CC1. The molecule has 0 saturated heterocycles. The molecule has 0 aromatic carbocycles. The van der Waals surface area contributed by atoms with Crippen molar-refractivity contribution >= 4 is 0 Å². The van der Waals surface area contributed by atoms with Crippen LogP contribution in [0, 0.1) is 16.2 Å². The van der Waals surface area contributed by atoms with Gasteiger partial charge in [0.05, 0.1) is 5.41 Å². The van der Waals surface area contributed by atoms with Crippen LogP contribution in [0.2, 0.25) is 0 Å². The summed E-state index contributed by atoms with van der Waals surface area (Å²) >= 11 is 0. The molecule has 3 heteroatoms. The van der Waals surface area contributed by atoms with Gasteiger partial charge in [0.1, 0.15) is 0 Å². The van der Waals surface area contributed by atoms with Crippen molar-refractivity contribution in [2.45, 2.75) is 98.6 Å². The number of rotatable bonds is 0. The lowest BCUT2D eigenvalue weighted by Crippen LogP contribution is -2.36. The summed E-state index contributed by atoms with van der Waals surface area (Å²) in [6.07, 6.45) is 4.73. The Labute approximate surface area is 128 Å². The van der Waals surface area contributed by atoms with Crippen LogP contribution in [0.3, 0.4) is 0 Å². The molecule has 21 heavy (non-hydrogen) atoms. The lowest BCUT2D eigenvalue weighted by molar-refractivity contribution is -0.227. The second-order valence-electron chi connectivity index (χ2n) is 8.95. The van der Waals surface area contributed by atoms with E-state index >= 15 is 0 Å². The van der Waals surface area contributed by atoms with E-state index in [1.165, 1.54) is 32.6 Å². The van der Waals surface area contributed by atoms with Crippen molar-refractivity contribution in [3.8, 4) is 0 Å². The summed E-state index contributed by atoms with van der Waals surface area (Å²) in [4.78, 5) is 0. The van der Waals surface area contributed by atoms with Crippen molar-refractivity contribution < 1.29 is 13.2 Å². The monoisotopic (exact) mass is 306 g/mol. The average Bonchev–Trinajstić information content (AvgIpc) is 2.34. The molecule has 0 unspecified atom stereocenters. The molecule has 0 N–H and O–H groups in total. The summed E-state index contributed by atoms with van der Waals surface area (Å²) in [5.74, 6) is 0. The maximum absolute atomic E-state index is 12.3. The van der Waals surface area contributed by atoms with E-state index in [-0.39, 0.29) is 0 Å². The molecule has 126 valence electrons. The molecule has 2 aliphatic rings. The van der Waals surface area contributed by atoms with Gasteiger partial charge in [-0.15, -0.1) is 0 Å². The second kappa shape index (κ2) is 6.50. The maximum Gasteiger partial charge on any atom is 0.394 e. The van der Waals surface area contributed by atoms with E-state index in [0.29, 0.717) is 23.7 Å². The summed E-state index contributed by atoms with van der Waals surface area (Å²) in [5.41, 5.74) is -0.115. The van der Waals surface area contributed by atoms with E-state index in [4.69, 9.17) is 0 Å². The molecule has 2 rings (SSSR count). The molecule has 2 fully saturated rings. The highest BCUT2D eigenvalue weighted by atomic mass is 19.4. The molecule has 2 saturated carbocycles. The minimum absolute atomic E-state index is 0.316. The van der Waals surface area contributed by atoms with E-state index in [2.05, 4.69) is 27.7 Å². The lowest BCUT2D eigenvalue weighted by atomic mass is 9.67. The number of hydrogen-bond acceptors (Lipinski definition) is 0. The van der Waals surface area contributed by atoms with Crippen LogP contribution in [-0.4, -0.2) is 6.18 Å². The van der Waals surface area contributed by atoms with Crippen molar-refractivity contribution in [1.82, 2.24) is 0 Å². The molecule has 0 atom stereocenters. The van der Waals surface area contributed by atoms with Crippen LogP contribution in [0.1, 0.15) is 92.4 Å². The molecule has 2 aliphatic carbocycles. The van der Waals surface area contributed by atoms with Gasteiger partial charge in [-0.2, -0.15) is 13.2 Å². The van der Waals surface area contributed by atoms with Gasteiger partial charge in [0.2, 0.25) is 0 Å². The third kappa shape index (κ3) is 5.83. The quantitative estimate of drug-likeness (QED) is 0.446. The standard InChI is InChI=1S/C10H20.C8H13F3/c1-9(2)5-7-10(3,4)8-6-9;1-7(8(9,10)11)5-3-2-4-6-7/h5-8H2,1-4H3;2-6H2,1H3. The summed E-state index contributed by atoms with van der Waals surface area (Å²) in [7, 11) is 0. The first-order valence-corrected chi connectivity index (χ1v) is 8.44. The van der Waals surface area contributed by atoms with Gasteiger partial charge in [-0.1, -0.05) is 53.9 Å². The Balaban J connectivity index is 0.000000211. The predicted molar refractivity (Wildman–Crippen MR) is 83.3 cm³/mol. The summed E-state index contributed by atoms with van der Waals surface area (Å²) in [6, 6.07) is 0.